The van der Waals surface area contributed by atoms with E-state index in [0.717, 1.165) is 29.9 Å². The van der Waals surface area contributed by atoms with Crippen molar-refractivity contribution < 1.29 is 0 Å². The molecule has 1 unspecified atom stereocenters. The van der Waals surface area contributed by atoms with Crippen molar-refractivity contribution in [3.05, 3.63) is 40.8 Å². The summed E-state index contributed by atoms with van der Waals surface area (Å²) in [5.41, 5.74) is 2.83. The van der Waals surface area contributed by atoms with Gasteiger partial charge in [-0.1, -0.05) is 18.5 Å². The SMILES string of the molecule is CCCNC(C)c1cnc(-c2ccc(Cl)cn2)nc1C. The van der Waals surface area contributed by atoms with Crippen LogP contribution in [0.15, 0.2) is 24.5 Å². The third-order valence-electron chi connectivity index (χ3n) is 3.14. The number of halogens is 1. The van der Waals surface area contributed by atoms with E-state index in [4.69, 9.17) is 11.6 Å². The molecule has 2 aromatic heterocycles. The molecule has 20 heavy (non-hydrogen) atoms. The lowest BCUT2D eigenvalue weighted by molar-refractivity contribution is 0.564. The minimum Gasteiger partial charge on any atom is -0.310 e. The Bertz CT molecular complexity index is 569. The fourth-order valence-electron chi connectivity index (χ4n) is 2.00. The Kier molecular flexibility index (Phi) is 5.04. The number of pyridine rings is 1. The molecule has 5 heteroatoms. The third-order valence-corrected chi connectivity index (χ3v) is 3.36. The van der Waals surface area contributed by atoms with Crippen molar-refractivity contribution in [2.24, 2.45) is 0 Å². The molecule has 0 aliphatic heterocycles. The first-order valence-electron chi connectivity index (χ1n) is 6.80. The van der Waals surface area contributed by atoms with Gasteiger partial charge in [0.05, 0.1) is 5.02 Å². The predicted molar refractivity (Wildman–Crippen MR) is 81.7 cm³/mol. The molecule has 4 nitrogen and oxygen atoms in total. The first kappa shape index (κ1) is 14.9. The highest BCUT2D eigenvalue weighted by Gasteiger charge is 2.11. The maximum atomic E-state index is 5.83. The molecule has 0 amide bonds. The van der Waals surface area contributed by atoms with E-state index in [1.54, 1.807) is 12.3 Å². The van der Waals surface area contributed by atoms with E-state index in [-0.39, 0.29) is 6.04 Å². The van der Waals surface area contributed by atoms with Gasteiger partial charge in [0, 0.05) is 29.7 Å². The molecule has 0 aliphatic rings. The normalized spacial score (nSPS) is 12.4. The molecular formula is C15H19ClN4. The summed E-state index contributed by atoms with van der Waals surface area (Å²) in [5, 5.41) is 4.05. The highest BCUT2D eigenvalue weighted by molar-refractivity contribution is 6.30. The van der Waals surface area contributed by atoms with Gasteiger partial charge in [-0.3, -0.25) is 4.98 Å². The van der Waals surface area contributed by atoms with Gasteiger partial charge in [-0.25, -0.2) is 9.97 Å². The summed E-state index contributed by atoms with van der Waals surface area (Å²) in [6.07, 6.45) is 4.59. The molecule has 0 radical (unpaired) electrons. The van der Waals surface area contributed by atoms with Crippen molar-refractivity contribution in [1.29, 1.82) is 0 Å². The van der Waals surface area contributed by atoms with Gasteiger partial charge in [-0.15, -0.1) is 0 Å². The number of aromatic nitrogens is 3. The zero-order chi connectivity index (χ0) is 14.5. The molecule has 0 saturated heterocycles. The summed E-state index contributed by atoms with van der Waals surface area (Å²) >= 11 is 5.83. The van der Waals surface area contributed by atoms with Crippen molar-refractivity contribution >= 4 is 11.6 Å². The van der Waals surface area contributed by atoms with Gasteiger partial charge in [0.2, 0.25) is 0 Å². The van der Waals surface area contributed by atoms with Crippen LogP contribution in [0.2, 0.25) is 5.02 Å². The van der Waals surface area contributed by atoms with Crippen LogP contribution in [-0.4, -0.2) is 21.5 Å². The van der Waals surface area contributed by atoms with Crippen molar-refractivity contribution in [2.75, 3.05) is 6.54 Å². The van der Waals surface area contributed by atoms with Gasteiger partial charge >= 0.3 is 0 Å². The molecule has 0 aromatic carbocycles. The maximum absolute atomic E-state index is 5.83. The fraction of sp³-hybridized carbons (Fsp3) is 0.400. The van der Waals surface area contributed by atoms with E-state index in [1.165, 1.54) is 0 Å². The summed E-state index contributed by atoms with van der Waals surface area (Å²) in [6.45, 7) is 7.27. The summed E-state index contributed by atoms with van der Waals surface area (Å²) in [7, 11) is 0. The fourth-order valence-corrected chi connectivity index (χ4v) is 2.12. The van der Waals surface area contributed by atoms with Gasteiger partial charge in [0.15, 0.2) is 5.82 Å². The van der Waals surface area contributed by atoms with Crippen LogP contribution in [0.3, 0.4) is 0 Å². The lowest BCUT2D eigenvalue weighted by atomic mass is 10.1. The molecule has 2 aromatic rings. The van der Waals surface area contributed by atoms with E-state index in [0.29, 0.717) is 10.8 Å². The number of nitrogens with zero attached hydrogens (tertiary/aromatic N) is 3. The van der Waals surface area contributed by atoms with Crippen LogP contribution >= 0.6 is 11.6 Å². The second-order valence-corrected chi connectivity index (χ2v) is 5.21. The number of hydrogen-bond donors (Lipinski definition) is 1. The van der Waals surface area contributed by atoms with Gasteiger partial charge in [-0.05, 0) is 38.9 Å². The molecule has 0 fully saturated rings. The molecule has 1 atom stereocenters. The molecular weight excluding hydrogens is 272 g/mol. The number of aryl methyl sites for hydroxylation is 1. The average molecular weight is 291 g/mol. The van der Waals surface area contributed by atoms with E-state index >= 15 is 0 Å². The Morgan fingerprint density at radius 1 is 1.25 bits per heavy atom. The number of hydrogen-bond acceptors (Lipinski definition) is 4. The first-order chi connectivity index (χ1) is 9.61. The molecule has 0 saturated carbocycles. The summed E-state index contributed by atoms with van der Waals surface area (Å²) in [5.74, 6) is 0.630. The summed E-state index contributed by atoms with van der Waals surface area (Å²) in [4.78, 5) is 13.2. The highest BCUT2D eigenvalue weighted by Crippen LogP contribution is 2.19. The molecule has 106 valence electrons. The Labute approximate surface area is 124 Å². The van der Waals surface area contributed by atoms with Crippen molar-refractivity contribution in [2.45, 2.75) is 33.2 Å². The largest absolute Gasteiger partial charge is 0.310 e. The lowest BCUT2D eigenvalue weighted by Crippen LogP contribution is -2.20. The van der Waals surface area contributed by atoms with Crippen LogP contribution < -0.4 is 5.32 Å². The van der Waals surface area contributed by atoms with Crippen LogP contribution in [0.1, 0.15) is 37.6 Å². The highest BCUT2D eigenvalue weighted by atomic mass is 35.5. The summed E-state index contributed by atoms with van der Waals surface area (Å²) < 4.78 is 0. The minimum absolute atomic E-state index is 0.252. The zero-order valence-corrected chi connectivity index (χ0v) is 12.8. The van der Waals surface area contributed by atoms with Gasteiger partial charge in [0.1, 0.15) is 5.69 Å². The second-order valence-electron chi connectivity index (χ2n) is 4.77. The quantitative estimate of drug-likeness (QED) is 0.915. The van der Waals surface area contributed by atoms with Crippen LogP contribution in [-0.2, 0) is 0 Å². The third kappa shape index (κ3) is 3.52. The zero-order valence-electron chi connectivity index (χ0n) is 12.0. The first-order valence-corrected chi connectivity index (χ1v) is 7.18. The van der Waals surface area contributed by atoms with Crippen LogP contribution in [0.25, 0.3) is 11.5 Å². The Morgan fingerprint density at radius 2 is 2.05 bits per heavy atom. The Morgan fingerprint density at radius 3 is 2.65 bits per heavy atom. The van der Waals surface area contributed by atoms with Crippen LogP contribution in [0, 0.1) is 6.92 Å². The van der Waals surface area contributed by atoms with Crippen LogP contribution in [0.4, 0.5) is 0 Å². The predicted octanol–water partition coefficient (Wildman–Crippen LogP) is 3.56. The van der Waals surface area contributed by atoms with Gasteiger partial charge in [0.25, 0.3) is 0 Å². The standard InChI is InChI=1S/C15H19ClN4/c1-4-7-17-10(2)13-9-19-15(20-11(13)3)14-6-5-12(16)8-18-14/h5-6,8-10,17H,4,7H2,1-3H3. The smallest absolute Gasteiger partial charge is 0.178 e. The molecule has 0 aliphatic carbocycles. The average Bonchev–Trinajstić information content (AvgIpc) is 2.45. The molecule has 2 heterocycles. The molecule has 0 bridgehead atoms. The van der Waals surface area contributed by atoms with Crippen molar-refractivity contribution in [3.63, 3.8) is 0 Å². The maximum Gasteiger partial charge on any atom is 0.178 e. The Hall–Kier alpha value is -1.52. The monoisotopic (exact) mass is 290 g/mol. The van der Waals surface area contributed by atoms with Crippen LogP contribution in [0.5, 0.6) is 0 Å². The number of rotatable bonds is 5. The second kappa shape index (κ2) is 6.77. The van der Waals surface area contributed by atoms with E-state index in [1.807, 2.05) is 19.2 Å². The summed E-state index contributed by atoms with van der Waals surface area (Å²) in [6, 6.07) is 3.87. The van der Waals surface area contributed by atoms with E-state index < -0.39 is 0 Å². The molecule has 1 N–H and O–H groups in total. The minimum atomic E-state index is 0.252. The van der Waals surface area contributed by atoms with E-state index in [2.05, 4.69) is 34.1 Å². The lowest BCUT2D eigenvalue weighted by Gasteiger charge is -2.15. The molecule has 0 spiro atoms. The van der Waals surface area contributed by atoms with Gasteiger partial charge in [-0.2, -0.15) is 0 Å². The molecule has 2 rings (SSSR count). The van der Waals surface area contributed by atoms with E-state index in [9.17, 15) is 0 Å². The topological polar surface area (TPSA) is 50.7 Å². The van der Waals surface area contributed by atoms with Gasteiger partial charge < -0.3 is 5.32 Å². The van der Waals surface area contributed by atoms with Crippen molar-refractivity contribution in [3.8, 4) is 11.5 Å². The van der Waals surface area contributed by atoms with Crippen molar-refractivity contribution in [1.82, 2.24) is 20.3 Å². The Balaban J connectivity index is 2.23. The number of nitrogens with one attached hydrogen (secondary N) is 1.